The summed E-state index contributed by atoms with van der Waals surface area (Å²) in [4.78, 5) is 2.31. The van der Waals surface area contributed by atoms with Crippen molar-refractivity contribution in [3.05, 3.63) is 29.3 Å². The van der Waals surface area contributed by atoms with Gasteiger partial charge in [0, 0.05) is 18.8 Å². The second-order valence-electron chi connectivity index (χ2n) is 3.95. The molecule has 0 saturated heterocycles. The van der Waals surface area contributed by atoms with Gasteiger partial charge in [-0.25, -0.2) is 0 Å². The van der Waals surface area contributed by atoms with E-state index in [2.05, 4.69) is 60.5 Å². The van der Waals surface area contributed by atoms with Crippen molar-refractivity contribution < 1.29 is 0 Å². The summed E-state index contributed by atoms with van der Waals surface area (Å²) in [6.07, 6.45) is 1.72. The first-order valence-electron chi connectivity index (χ1n) is 6.02. The van der Waals surface area contributed by atoms with Gasteiger partial charge in [-0.2, -0.15) is 5.10 Å². The highest BCUT2D eigenvalue weighted by molar-refractivity contribution is 7.80. The quantitative estimate of drug-likeness (QED) is 0.485. The molecule has 0 heterocycles. The highest BCUT2D eigenvalue weighted by Crippen LogP contribution is 2.18. The van der Waals surface area contributed by atoms with Crippen LogP contribution in [0.25, 0.3) is 0 Å². The van der Waals surface area contributed by atoms with Gasteiger partial charge in [0.15, 0.2) is 5.11 Å². The maximum absolute atomic E-state index is 5.29. The van der Waals surface area contributed by atoms with Crippen molar-refractivity contribution in [2.75, 3.05) is 18.0 Å². The Hall–Kier alpha value is -1.62. The van der Waals surface area contributed by atoms with Crippen molar-refractivity contribution in [1.29, 1.82) is 0 Å². The smallest absolute Gasteiger partial charge is 0.184 e. The normalized spacial score (nSPS) is 10.6. The minimum Gasteiger partial charge on any atom is -0.375 e. The Morgan fingerprint density at radius 1 is 1.44 bits per heavy atom. The molecule has 0 saturated carbocycles. The fourth-order valence-corrected chi connectivity index (χ4v) is 1.81. The molecule has 0 aromatic heterocycles. The van der Waals surface area contributed by atoms with Gasteiger partial charge in [-0.1, -0.05) is 6.07 Å². The van der Waals surface area contributed by atoms with Crippen LogP contribution in [0.1, 0.15) is 25.0 Å². The Balaban J connectivity index is 2.85. The molecule has 0 aliphatic rings. The lowest BCUT2D eigenvalue weighted by Gasteiger charge is -2.21. The Morgan fingerprint density at radius 3 is 2.61 bits per heavy atom. The van der Waals surface area contributed by atoms with E-state index in [1.807, 2.05) is 6.07 Å². The number of rotatable bonds is 5. The van der Waals surface area contributed by atoms with E-state index >= 15 is 0 Å². The predicted molar refractivity (Wildman–Crippen MR) is 82.3 cm³/mol. The largest absolute Gasteiger partial charge is 0.375 e. The van der Waals surface area contributed by atoms with Gasteiger partial charge < -0.3 is 10.6 Å². The van der Waals surface area contributed by atoms with Crippen molar-refractivity contribution in [2.45, 2.75) is 20.8 Å². The van der Waals surface area contributed by atoms with Gasteiger partial charge in [0.25, 0.3) is 0 Å². The van der Waals surface area contributed by atoms with Crippen LogP contribution in [0, 0.1) is 6.92 Å². The maximum atomic E-state index is 5.29. The fourth-order valence-electron chi connectivity index (χ4n) is 1.76. The maximum Gasteiger partial charge on any atom is 0.184 e. The zero-order valence-electron chi connectivity index (χ0n) is 11.1. The molecule has 1 rings (SSSR count). The van der Waals surface area contributed by atoms with Crippen molar-refractivity contribution >= 4 is 29.2 Å². The van der Waals surface area contributed by atoms with Crippen LogP contribution < -0.4 is 16.1 Å². The van der Waals surface area contributed by atoms with Crippen LogP contribution in [-0.4, -0.2) is 24.4 Å². The summed E-state index contributed by atoms with van der Waals surface area (Å²) in [5.74, 6) is 0. The van der Waals surface area contributed by atoms with E-state index in [9.17, 15) is 0 Å². The molecule has 0 unspecified atom stereocenters. The molecule has 3 N–H and O–H groups in total. The zero-order chi connectivity index (χ0) is 13.5. The SMILES string of the molecule is CCN(CC)c1ccc(/C=N/NC(N)=S)c(C)c1. The van der Waals surface area contributed by atoms with E-state index in [0.717, 1.165) is 18.7 Å². The summed E-state index contributed by atoms with van der Waals surface area (Å²) in [6.45, 7) is 8.38. The van der Waals surface area contributed by atoms with Crippen molar-refractivity contribution in [1.82, 2.24) is 5.43 Å². The summed E-state index contributed by atoms with van der Waals surface area (Å²) >= 11 is 4.68. The minimum absolute atomic E-state index is 0.170. The average Bonchev–Trinajstić information content (AvgIpc) is 2.33. The first kappa shape index (κ1) is 14.4. The monoisotopic (exact) mass is 264 g/mol. The van der Waals surface area contributed by atoms with Crippen LogP contribution in [0.3, 0.4) is 0 Å². The van der Waals surface area contributed by atoms with Gasteiger partial charge in [-0.05, 0) is 56.2 Å². The molecule has 5 heteroatoms. The molecule has 98 valence electrons. The second kappa shape index (κ2) is 6.96. The van der Waals surface area contributed by atoms with E-state index in [1.165, 1.54) is 11.3 Å². The summed E-state index contributed by atoms with van der Waals surface area (Å²) in [5.41, 5.74) is 11.3. The molecule has 18 heavy (non-hydrogen) atoms. The standard InChI is InChI=1S/C13H20N4S/c1-4-17(5-2)12-7-6-11(10(3)8-12)9-15-16-13(14)18/h6-9H,4-5H2,1-3H3,(H3,14,16,18)/b15-9+. The van der Waals surface area contributed by atoms with Gasteiger partial charge in [0.2, 0.25) is 0 Å². The third-order valence-electron chi connectivity index (χ3n) is 2.76. The van der Waals surface area contributed by atoms with Crippen LogP contribution >= 0.6 is 12.2 Å². The lowest BCUT2D eigenvalue weighted by molar-refractivity contribution is 0.865. The van der Waals surface area contributed by atoms with Crippen molar-refractivity contribution in [2.24, 2.45) is 10.8 Å². The molecule has 0 radical (unpaired) electrons. The fraction of sp³-hybridized carbons (Fsp3) is 0.385. The number of hydrogen-bond acceptors (Lipinski definition) is 3. The molecule has 0 bridgehead atoms. The molecule has 0 aliphatic carbocycles. The average molecular weight is 264 g/mol. The predicted octanol–water partition coefficient (Wildman–Crippen LogP) is 2.01. The van der Waals surface area contributed by atoms with Crippen LogP contribution in [0.2, 0.25) is 0 Å². The summed E-state index contributed by atoms with van der Waals surface area (Å²) in [6, 6.07) is 6.31. The van der Waals surface area contributed by atoms with Crippen molar-refractivity contribution in [3.63, 3.8) is 0 Å². The van der Waals surface area contributed by atoms with Crippen LogP contribution in [0.4, 0.5) is 5.69 Å². The number of anilines is 1. The first-order chi connectivity index (χ1) is 8.58. The number of nitrogens with one attached hydrogen (secondary N) is 1. The van der Waals surface area contributed by atoms with Gasteiger partial charge >= 0.3 is 0 Å². The highest BCUT2D eigenvalue weighted by atomic mass is 32.1. The van der Waals surface area contributed by atoms with Crippen molar-refractivity contribution in [3.8, 4) is 0 Å². The molecule has 0 spiro atoms. The third-order valence-corrected chi connectivity index (χ3v) is 2.85. The number of nitrogens with zero attached hydrogens (tertiary/aromatic N) is 2. The third kappa shape index (κ3) is 4.00. The van der Waals surface area contributed by atoms with E-state index in [0.29, 0.717) is 0 Å². The number of hydrogen-bond donors (Lipinski definition) is 2. The van der Waals surface area contributed by atoms with Gasteiger partial charge in [-0.3, -0.25) is 5.43 Å². The number of hydrazone groups is 1. The Morgan fingerprint density at radius 2 is 2.11 bits per heavy atom. The van der Waals surface area contributed by atoms with Gasteiger partial charge in [-0.15, -0.1) is 0 Å². The lowest BCUT2D eigenvalue weighted by atomic mass is 10.1. The highest BCUT2D eigenvalue weighted by Gasteiger charge is 2.03. The molecule has 0 atom stereocenters. The van der Waals surface area contributed by atoms with E-state index in [4.69, 9.17) is 5.73 Å². The molecule has 4 nitrogen and oxygen atoms in total. The molecule has 0 aliphatic heterocycles. The van der Waals surface area contributed by atoms with E-state index in [1.54, 1.807) is 6.21 Å². The number of thiocarbonyl (C=S) groups is 1. The van der Waals surface area contributed by atoms with E-state index in [-0.39, 0.29) is 5.11 Å². The van der Waals surface area contributed by atoms with E-state index < -0.39 is 0 Å². The number of benzene rings is 1. The molecule has 1 aromatic carbocycles. The summed E-state index contributed by atoms with van der Waals surface area (Å²) in [7, 11) is 0. The molecule has 0 fully saturated rings. The van der Waals surface area contributed by atoms with Crippen LogP contribution in [0.5, 0.6) is 0 Å². The lowest BCUT2D eigenvalue weighted by Crippen LogP contribution is -2.24. The number of aryl methyl sites for hydroxylation is 1. The Bertz CT molecular complexity index is 439. The minimum atomic E-state index is 0.170. The zero-order valence-corrected chi connectivity index (χ0v) is 11.9. The molecule has 0 amide bonds. The molecular weight excluding hydrogens is 244 g/mol. The van der Waals surface area contributed by atoms with Crippen LogP contribution in [-0.2, 0) is 0 Å². The molecular formula is C13H20N4S. The Labute approximate surface area is 114 Å². The van der Waals surface area contributed by atoms with Crippen LogP contribution in [0.15, 0.2) is 23.3 Å². The van der Waals surface area contributed by atoms with Gasteiger partial charge in [0.1, 0.15) is 0 Å². The summed E-state index contributed by atoms with van der Waals surface area (Å²) in [5, 5.41) is 4.13. The molecule has 1 aromatic rings. The second-order valence-corrected chi connectivity index (χ2v) is 4.39. The summed E-state index contributed by atoms with van der Waals surface area (Å²) < 4.78 is 0. The first-order valence-corrected chi connectivity index (χ1v) is 6.43. The van der Waals surface area contributed by atoms with Gasteiger partial charge in [0.05, 0.1) is 6.21 Å². The Kier molecular flexibility index (Phi) is 5.58. The number of nitrogens with two attached hydrogens (primary N) is 1. The topological polar surface area (TPSA) is 53.6 Å².